The number of hydrogen-bond donors (Lipinski definition) is 1. The van der Waals surface area contributed by atoms with Gasteiger partial charge in [0, 0.05) is 19.2 Å². The van der Waals surface area contributed by atoms with Crippen molar-refractivity contribution in [1.82, 2.24) is 10.2 Å². The Bertz CT molecular complexity index is 834. The summed E-state index contributed by atoms with van der Waals surface area (Å²) in [5, 5.41) is 8.09. The molecule has 25 heavy (non-hydrogen) atoms. The minimum atomic E-state index is -3.89. The van der Waals surface area contributed by atoms with E-state index >= 15 is 0 Å². The van der Waals surface area contributed by atoms with E-state index in [0.29, 0.717) is 5.75 Å². The highest BCUT2D eigenvalue weighted by atomic mass is 32.2. The quantitative estimate of drug-likeness (QED) is 0.836. The number of hydrogen-bond acceptors (Lipinski definition) is 7. The number of anilines is 2. The molecule has 1 aliphatic heterocycles. The minimum Gasteiger partial charge on any atom is -0.497 e. The number of rotatable bonds is 6. The van der Waals surface area contributed by atoms with Crippen LogP contribution in [0.1, 0.15) is 12.8 Å². The number of nitrogens with one attached hydrogen (secondary N) is 1. The van der Waals surface area contributed by atoms with Crippen LogP contribution in [0.3, 0.4) is 0 Å². The highest BCUT2D eigenvalue weighted by Crippen LogP contribution is 2.29. The summed E-state index contributed by atoms with van der Waals surface area (Å²) in [5.41, 5.74) is 0. The van der Waals surface area contributed by atoms with Gasteiger partial charge in [0.1, 0.15) is 16.4 Å². The molecule has 0 aliphatic carbocycles. The van der Waals surface area contributed by atoms with Crippen LogP contribution >= 0.6 is 0 Å². The van der Waals surface area contributed by atoms with E-state index < -0.39 is 10.0 Å². The number of ether oxygens (including phenoxy) is 2. The molecule has 0 saturated carbocycles. The van der Waals surface area contributed by atoms with E-state index in [9.17, 15) is 8.42 Å². The summed E-state index contributed by atoms with van der Waals surface area (Å²) >= 11 is 0. The molecule has 1 aliphatic rings. The van der Waals surface area contributed by atoms with Crippen molar-refractivity contribution in [3.63, 3.8) is 0 Å². The normalized spacial score (nSPS) is 14.4. The third-order valence-corrected chi connectivity index (χ3v) is 5.36. The average molecular weight is 364 g/mol. The van der Waals surface area contributed by atoms with Crippen LogP contribution in [0.25, 0.3) is 0 Å². The largest absolute Gasteiger partial charge is 0.497 e. The lowest BCUT2D eigenvalue weighted by molar-refractivity contribution is 0.392. The van der Waals surface area contributed by atoms with Gasteiger partial charge in [-0.1, -0.05) is 0 Å². The summed E-state index contributed by atoms with van der Waals surface area (Å²) < 4.78 is 38.0. The van der Waals surface area contributed by atoms with Crippen molar-refractivity contribution in [1.29, 1.82) is 0 Å². The van der Waals surface area contributed by atoms with Gasteiger partial charge in [-0.05, 0) is 37.1 Å². The second kappa shape index (κ2) is 7.14. The summed E-state index contributed by atoms with van der Waals surface area (Å²) in [6, 6.07) is 7.93. The standard InChI is InChI=1S/C16H20N4O4S/c1-23-12-5-6-13(24-2)14(11-12)25(21,22)19-15-7-8-16(18-17-15)20-9-3-4-10-20/h5-8,11H,3-4,9-10H2,1-2H3,(H,17,19). The first-order valence-corrected chi connectivity index (χ1v) is 9.35. The predicted octanol–water partition coefficient (Wildman–Crippen LogP) is 1.89. The number of nitrogens with zero attached hydrogens (tertiary/aromatic N) is 3. The van der Waals surface area contributed by atoms with Crippen molar-refractivity contribution in [3.05, 3.63) is 30.3 Å². The fourth-order valence-corrected chi connectivity index (χ4v) is 3.86. The zero-order valence-electron chi connectivity index (χ0n) is 14.1. The van der Waals surface area contributed by atoms with Crippen LogP contribution in [0.5, 0.6) is 11.5 Å². The first kappa shape index (κ1) is 17.3. The fraction of sp³-hybridized carbons (Fsp3) is 0.375. The lowest BCUT2D eigenvalue weighted by Crippen LogP contribution is -2.20. The van der Waals surface area contributed by atoms with Gasteiger partial charge in [0.05, 0.1) is 14.2 Å². The van der Waals surface area contributed by atoms with Gasteiger partial charge in [0.25, 0.3) is 10.0 Å². The van der Waals surface area contributed by atoms with E-state index in [-0.39, 0.29) is 16.5 Å². The number of methoxy groups -OCH3 is 2. The average Bonchev–Trinajstić information content (AvgIpc) is 3.16. The molecule has 2 heterocycles. The molecule has 0 unspecified atom stereocenters. The smallest absolute Gasteiger partial charge is 0.266 e. The van der Waals surface area contributed by atoms with E-state index in [4.69, 9.17) is 9.47 Å². The van der Waals surface area contributed by atoms with Crippen molar-refractivity contribution in [3.8, 4) is 11.5 Å². The maximum Gasteiger partial charge on any atom is 0.266 e. The van der Waals surface area contributed by atoms with Crippen LogP contribution in [0.15, 0.2) is 35.2 Å². The van der Waals surface area contributed by atoms with E-state index in [0.717, 1.165) is 31.7 Å². The maximum atomic E-state index is 12.7. The third-order valence-electron chi connectivity index (χ3n) is 3.98. The highest BCUT2D eigenvalue weighted by molar-refractivity contribution is 7.92. The molecule has 2 aromatic rings. The van der Waals surface area contributed by atoms with Crippen LogP contribution in [-0.2, 0) is 10.0 Å². The Kier molecular flexibility index (Phi) is 4.93. The van der Waals surface area contributed by atoms with Gasteiger partial charge >= 0.3 is 0 Å². The molecule has 1 fully saturated rings. The molecule has 8 nitrogen and oxygen atoms in total. The van der Waals surface area contributed by atoms with Crippen LogP contribution in [0, 0.1) is 0 Å². The molecule has 1 saturated heterocycles. The molecule has 1 N–H and O–H groups in total. The van der Waals surface area contributed by atoms with Crippen molar-refractivity contribution in [2.45, 2.75) is 17.7 Å². The van der Waals surface area contributed by atoms with Crippen LogP contribution < -0.4 is 19.1 Å². The van der Waals surface area contributed by atoms with E-state index in [1.165, 1.54) is 26.4 Å². The monoisotopic (exact) mass is 364 g/mol. The molecule has 3 rings (SSSR count). The summed E-state index contributed by atoms with van der Waals surface area (Å²) in [7, 11) is -1.02. The maximum absolute atomic E-state index is 12.7. The van der Waals surface area contributed by atoms with Gasteiger partial charge < -0.3 is 14.4 Å². The first-order chi connectivity index (χ1) is 12.0. The topological polar surface area (TPSA) is 93.6 Å². The van der Waals surface area contributed by atoms with E-state index in [2.05, 4.69) is 19.8 Å². The molecule has 1 aromatic carbocycles. The Morgan fingerprint density at radius 1 is 1.04 bits per heavy atom. The number of aromatic nitrogens is 2. The SMILES string of the molecule is COc1ccc(OC)c(S(=O)(=O)Nc2ccc(N3CCCC3)nn2)c1. The molecule has 0 spiro atoms. The Morgan fingerprint density at radius 2 is 1.80 bits per heavy atom. The van der Waals surface area contributed by atoms with Crippen molar-refractivity contribution in [2.24, 2.45) is 0 Å². The third kappa shape index (κ3) is 3.76. The van der Waals surface area contributed by atoms with E-state index in [1.807, 2.05) is 0 Å². The lowest BCUT2D eigenvalue weighted by atomic mass is 10.3. The molecular formula is C16H20N4O4S. The zero-order valence-corrected chi connectivity index (χ0v) is 14.9. The molecule has 0 radical (unpaired) electrons. The summed E-state index contributed by atoms with van der Waals surface area (Å²) in [6.45, 7) is 1.89. The van der Waals surface area contributed by atoms with Gasteiger partial charge in [-0.2, -0.15) is 0 Å². The second-order valence-electron chi connectivity index (χ2n) is 5.59. The van der Waals surface area contributed by atoms with E-state index in [1.54, 1.807) is 18.2 Å². The summed E-state index contributed by atoms with van der Waals surface area (Å²) in [4.78, 5) is 2.09. The Balaban J connectivity index is 1.84. The Labute approximate surface area is 146 Å². The molecule has 0 atom stereocenters. The Morgan fingerprint density at radius 3 is 2.40 bits per heavy atom. The van der Waals surface area contributed by atoms with Crippen LogP contribution in [-0.4, -0.2) is 45.9 Å². The lowest BCUT2D eigenvalue weighted by Gasteiger charge is -2.16. The number of benzene rings is 1. The summed E-state index contributed by atoms with van der Waals surface area (Å²) in [5.74, 6) is 1.53. The minimum absolute atomic E-state index is 0.0280. The molecule has 0 bridgehead atoms. The molecular weight excluding hydrogens is 344 g/mol. The first-order valence-electron chi connectivity index (χ1n) is 7.87. The molecule has 1 aromatic heterocycles. The zero-order chi connectivity index (χ0) is 17.9. The molecule has 9 heteroatoms. The van der Waals surface area contributed by atoms with Crippen LogP contribution in [0.4, 0.5) is 11.6 Å². The van der Waals surface area contributed by atoms with Gasteiger partial charge in [-0.3, -0.25) is 4.72 Å². The van der Waals surface area contributed by atoms with Gasteiger partial charge in [-0.15, -0.1) is 10.2 Å². The van der Waals surface area contributed by atoms with Crippen LogP contribution in [0.2, 0.25) is 0 Å². The predicted molar refractivity (Wildman–Crippen MR) is 93.8 cm³/mol. The molecule has 0 amide bonds. The van der Waals surface area contributed by atoms with Gasteiger partial charge in [0.15, 0.2) is 11.6 Å². The number of sulfonamides is 1. The highest BCUT2D eigenvalue weighted by Gasteiger charge is 2.22. The Hall–Kier alpha value is -2.55. The van der Waals surface area contributed by atoms with Crippen molar-refractivity contribution < 1.29 is 17.9 Å². The fourth-order valence-electron chi connectivity index (χ4n) is 2.68. The molecule has 134 valence electrons. The summed E-state index contributed by atoms with van der Waals surface area (Å²) in [6.07, 6.45) is 2.26. The second-order valence-corrected chi connectivity index (χ2v) is 7.24. The van der Waals surface area contributed by atoms with Gasteiger partial charge in [0.2, 0.25) is 0 Å². The van der Waals surface area contributed by atoms with Gasteiger partial charge in [-0.25, -0.2) is 8.42 Å². The van der Waals surface area contributed by atoms with Crippen molar-refractivity contribution in [2.75, 3.05) is 36.9 Å². The van der Waals surface area contributed by atoms with Crippen molar-refractivity contribution >= 4 is 21.7 Å².